The summed E-state index contributed by atoms with van der Waals surface area (Å²) in [4.78, 5) is 0. The highest BCUT2D eigenvalue weighted by Crippen LogP contribution is 2.27. The summed E-state index contributed by atoms with van der Waals surface area (Å²) in [6.45, 7) is 0.377. The summed E-state index contributed by atoms with van der Waals surface area (Å²) in [5.41, 5.74) is 3.05. The number of hydrogen-bond donors (Lipinski definition) is 2. The van der Waals surface area contributed by atoms with Gasteiger partial charge in [0.15, 0.2) is 0 Å². The molecular formula is C16H23NO. The number of aliphatic hydroxyl groups is 1. The van der Waals surface area contributed by atoms with E-state index in [1.54, 1.807) is 0 Å². The van der Waals surface area contributed by atoms with E-state index in [9.17, 15) is 0 Å². The van der Waals surface area contributed by atoms with Crippen molar-refractivity contribution in [1.29, 1.82) is 0 Å². The Morgan fingerprint density at radius 3 is 2.11 bits per heavy atom. The normalized spacial score (nSPS) is 28.3. The molecule has 3 rings (SSSR count). The Morgan fingerprint density at radius 1 is 0.944 bits per heavy atom. The molecule has 18 heavy (non-hydrogen) atoms. The Balaban J connectivity index is 1.51. The van der Waals surface area contributed by atoms with E-state index in [-0.39, 0.29) is 0 Å². The van der Waals surface area contributed by atoms with Crippen molar-refractivity contribution in [3.8, 4) is 0 Å². The summed E-state index contributed by atoms with van der Waals surface area (Å²) in [6, 6.07) is 10.1. The van der Waals surface area contributed by atoms with Crippen LogP contribution in [0.4, 0.5) is 0 Å². The molecule has 1 saturated carbocycles. The van der Waals surface area contributed by atoms with Gasteiger partial charge in [0.1, 0.15) is 0 Å². The van der Waals surface area contributed by atoms with Crippen LogP contribution in [0.15, 0.2) is 24.3 Å². The molecule has 2 nitrogen and oxygen atoms in total. The Bertz CT molecular complexity index is 371. The first kappa shape index (κ1) is 12.2. The molecule has 0 unspecified atom stereocenters. The van der Waals surface area contributed by atoms with Crippen LogP contribution in [-0.2, 0) is 12.8 Å². The van der Waals surface area contributed by atoms with Gasteiger partial charge in [0.05, 0.1) is 0 Å². The van der Waals surface area contributed by atoms with Crippen LogP contribution in [0.3, 0.4) is 0 Å². The Labute approximate surface area is 109 Å². The van der Waals surface area contributed by atoms with Gasteiger partial charge >= 0.3 is 0 Å². The molecule has 0 saturated heterocycles. The van der Waals surface area contributed by atoms with Gasteiger partial charge in [-0.2, -0.15) is 0 Å². The third kappa shape index (κ3) is 2.60. The van der Waals surface area contributed by atoms with Gasteiger partial charge in [-0.3, -0.25) is 0 Å². The van der Waals surface area contributed by atoms with E-state index >= 15 is 0 Å². The van der Waals surface area contributed by atoms with Gasteiger partial charge in [-0.25, -0.2) is 0 Å². The summed E-state index contributed by atoms with van der Waals surface area (Å²) in [5, 5.41) is 13.0. The molecule has 98 valence electrons. The Morgan fingerprint density at radius 2 is 1.56 bits per heavy atom. The van der Waals surface area contributed by atoms with Crippen LogP contribution in [0.1, 0.15) is 36.8 Å². The van der Waals surface area contributed by atoms with E-state index in [1.165, 1.54) is 49.7 Å². The first-order chi connectivity index (χ1) is 8.85. The third-order valence-electron chi connectivity index (χ3n) is 4.63. The lowest BCUT2D eigenvalue weighted by atomic mass is 9.86. The standard InChI is InChI=1S/C16H23NO/c18-11-12-5-7-15(8-6-12)17-16-9-13-3-1-2-4-14(13)10-16/h1-4,12,15-18H,5-11H2. The van der Waals surface area contributed by atoms with Crippen molar-refractivity contribution < 1.29 is 5.11 Å². The molecule has 2 aliphatic carbocycles. The number of hydrogen-bond acceptors (Lipinski definition) is 2. The van der Waals surface area contributed by atoms with Gasteiger partial charge in [0, 0.05) is 18.7 Å². The van der Waals surface area contributed by atoms with Crippen molar-refractivity contribution in [2.45, 2.75) is 50.6 Å². The number of nitrogens with one attached hydrogen (secondary N) is 1. The maximum atomic E-state index is 9.16. The lowest BCUT2D eigenvalue weighted by molar-refractivity contribution is 0.172. The SMILES string of the molecule is OCC1CCC(NC2Cc3ccccc3C2)CC1. The lowest BCUT2D eigenvalue weighted by Gasteiger charge is -2.30. The van der Waals surface area contributed by atoms with E-state index < -0.39 is 0 Å². The highest BCUT2D eigenvalue weighted by molar-refractivity contribution is 5.33. The van der Waals surface area contributed by atoms with Gasteiger partial charge < -0.3 is 10.4 Å². The van der Waals surface area contributed by atoms with E-state index in [1.807, 2.05) is 0 Å². The second-order valence-electron chi connectivity index (χ2n) is 5.94. The van der Waals surface area contributed by atoms with Crippen LogP contribution in [0.5, 0.6) is 0 Å². The molecule has 0 atom stereocenters. The van der Waals surface area contributed by atoms with E-state index in [2.05, 4.69) is 29.6 Å². The first-order valence-electron chi connectivity index (χ1n) is 7.29. The largest absolute Gasteiger partial charge is 0.396 e. The quantitative estimate of drug-likeness (QED) is 0.856. The average molecular weight is 245 g/mol. The van der Waals surface area contributed by atoms with Crippen molar-refractivity contribution >= 4 is 0 Å². The van der Waals surface area contributed by atoms with Crippen LogP contribution in [0, 0.1) is 5.92 Å². The Kier molecular flexibility index (Phi) is 3.67. The molecule has 0 amide bonds. The molecule has 2 heteroatoms. The number of rotatable bonds is 3. The summed E-state index contributed by atoms with van der Waals surface area (Å²) in [6.07, 6.45) is 7.23. The molecule has 2 N–H and O–H groups in total. The number of benzene rings is 1. The van der Waals surface area contributed by atoms with Crippen LogP contribution < -0.4 is 5.32 Å². The predicted molar refractivity (Wildman–Crippen MR) is 73.6 cm³/mol. The van der Waals surface area contributed by atoms with Gasteiger partial charge in [-0.15, -0.1) is 0 Å². The Hall–Kier alpha value is -0.860. The highest BCUT2D eigenvalue weighted by Gasteiger charge is 2.26. The fourth-order valence-corrected chi connectivity index (χ4v) is 3.52. The molecule has 1 fully saturated rings. The molecule has 2 aliphatic rings. The summed E-state index contributed by atoms with van der Waals surface area (Å²) in [5.74, 6) is 0.559. The van der Waals surface area contributed by atoms with Crippen molar-refractivity contribution in [3.63, 3.8) is 0 Å². The van der Waals surface area contributed by atoms with Crippen LogP contribution in [0.2, 0.25) is 0 Å². The molecule has 0 bridgehead atoms. The number of fused-ring (bicyclic) bond motifs is 1. The summed E-state index contributed by atoms with van der Waals surface area (Å²) in [7, 11) is 0. The second kappa shape index (κ2) is 5.41. The second-order valence-corrected chi connectivity index (χ2v) is 5.94. The zero-order valence-corrected chi connectivity index (χ0v) is 10.9. The minimum Gasteiger partial charge on any atom is -0.396 e. The van der Waals surface area contributed by atoms with Gasteiger partial charge in [0.25, 0.3) is 0 Å². The van der Waals surface area contributed by atoms with Crippen LogP contribution >= 0.6 is 0 Å². The maximum absolute atomic E-state index is 9.16. The predicted octanol–water partition coefficient (Wildman–Crippen LogP) is 2.29. The highest BCUT2D eigenvalue weighted by atomic mass is 16.3. The maximum Gasteiger partial charge on any atom is 0.0459 e. The van der Waals surface area contributed by atoms with Crippen molar-refractivity contribution in [3.05, 3.63) is 35.4 Å². The summed E-state index contributed by atoms with van der Waals surface area (Å²) >= 11 is 0. The molecule has 0 radical (unpaired) electrons. The number of aliphatic hydroxyl groups excluding tert-OH is 1. The van der Waals surface area contributed by atoms with Crippen molar-refractivity contribution in [2.75, 3.05) is 6.61 Å². The van der Waals surface area contributed by atoms with Gasteiger partial charge in [-0.1, -0.05) is 24.3 Å². The van der Waals surface area contributed by atoms with Crippen molar-refractivity contribution in [2.24, 2.45) is 5.92 Å². The molecule has 0 aromatic heterocycles. The smallest absolute Gasteiger partial charge is 0.0459 e. The molecule has 1 aromatic carbocycles. The monoisotopic (exact) mass is 245 g/mol. The zero-order valence-electron chi connectivity index (χ0n) is 10.9. The minimum absolute atomic E-state index is 0.377. The molecular weight excluding hydrogens is 222 g/mol. The minimum atomic E-state index is 0.377. The van der Waals surface area contributed by atoms with Crippen LogP contribution in [-0.4, -0.2) is 23.8 Å². The van der Waals surface area contributed by atoms with Gasteiger partial charge in [0.2, 0.25) is 0 Å². The molecule has 0 heterocycles. The summed E-state index contributed by atoms with van der Waals surface area (Å²) < 4.78 is 0. The average Bonchev–Trinajstić information content (AvgIpc) is 2.82. The lowest BCUT2D eigenvalue weighted by Crippen LogP contribution is -2.41. The molecule has 1 aromatic rings. The third-order valence-corrected chi connectivity index (χ3v) is 4.63. The van der Waals surface area contributed by atoms with E-state index in [4.69, 9.17) is 5.11 Å². The molecule has 0 aliphatic heterocycles. The first-order valence-corrected chi connectivity index (χ1v) is 7.29. The van der Waals surface area contributed by atoms with Gasteiger partial charge in [-0.05, 0) is 55.6 Å². The van der Waals surface area contributed by atoms with Crippen molar-refractivity contribution in [1.82, 2.24) is 5.32 Å². The topological polar surface area (TPSA) is 32.3 Å². The van der Waals surface area contributed by atoms with E-state index in [0.717, 1.165) is 0 Å². The molecule has 0 spiro atoms. The fourth-order valence-electron chi connectivity index (χ4n) is 3.52. The van der Waals surface area contributed by atoms with Crippen LogP contribution in [0.25, 0.3) is 0 Å². The van der Waals surface area contributed by atoms with E-state index in [0.29, 0.717) is 24.6 Å². The fraction of sp³-hybridized carbons (Fsp3) is 0.625. The zero-order chi connectivity index (χ0) is 12.4.